The van der Waals surface area contributed by atoms with Gasteiger partial charge in [-0.05, 0) is 31.5 Å². The molecule has 2 heteroatoms. The van der Waals surface area contributed by atoms with E-state index < -0.39 is 0 Å². The maximum absolute atomic E-state index is 7.23. The highest BCUT2D eigenvalue weighted by Gasteiger charge is 2.44. The molecule has 1 aromatic rings. The van der Waals surface area contributed by atoms with Crippen LogP contribution in [-0.4, -0.2) is 11.8 Å². The molecule has 1 heterocycles. The van der Waals surface area contributed by atoms with Crippen LogP contribution in [0, 0.1) is 5.41 Å². The number of benzene rings is 1. The van der Waals surface area contributed by atoms with Crippen LogP contribution in [0.2, 0.25) is 0 Å². The van der Waals surface area contributed by atoms with E-state index in [1.54, 1.807) is 0 Å². The Morgan fingerprint density at radius 3 is 2.76 bits per heavy atom. The Bertz CT molecular complexity index is 402. The number of nitrogens with one attached hydrogen (secondary N) is 1. The van der Waals surface area contributed by atoms with Gasteiger partial charge in [0.2, 0.25) is 0 Å². The first kappa shape index (κ1) is 12.2. The van der Waals surface area contributed by atoms with Gasteiger partial charge in [-0.1, -0.05) is 38.5 Å². The summed E-state index contributed by atoms with van der Waals surface area (Å²) in [7, 11) is 0. The van der Waals surface area contributed by atoms with Crippen molar-refractivity contribution in [2.45, 2.75) is 51.0 Å². The third kappa shape index (κ3) is 2.08. The van der Waals surface area contributed by atoms with Crippen LogP contribution < -0.4 is 4.74 Å². The fraction of sp³-hybridized carbons (Fsp3) is 0.533. The molecule has 1 N–H and O–H groups in total. The predicted molar refractivity (Wildman–Crippen MR) is 71.1 cm³/mol. The monoisotopic (exact) mass is 231 g/mol. The van der Waals surface area contributed by atoms with Crippen LogP contribution in [0.3, 0.4) is 0 Å². The average Bonchev–Trinajstić information content (AvgIpc) is 2.62. The smallest absolute Gasteiger partial charge is 0.123 e. The highest BCUT2D eigenvalue weighted by Crippen LogP contribution is 2.48. The van der Waals surface area contributed by atoms with E-state index in [2.05, 4.69) is 32.0 Å². The highest BCUT2D eigenvalue weighted by atomic mass is 16.5. The second kappa shape index (κ2) is 4.91. The molecule has 1 unspecified atom stereocenters. The van der Waals surface area contributed by atoms with Crippen LogP contribution in [0.25, 0.3) is 0 Å². The first-order valence-corrected chi connectivity index (χ1v) is 6.50. The second-order valence-corrected chi connectivity index (χ2v) is 4.92. The van der Waals surface area contributed by atoms with E-state index in [1.807, 2.05) is 6.07 Å². The normalized spacial score (nSPS) is 26.4. The molecule has 2 rings (SSSR count). The highest BCUT2D eigenvalue weighted by molar-refractivity contribution is 5.53. The molecular weight excluding hydrogens is 210 g/mol. The largest absolute Gasteiger partial charge is 0.486 e. The number of hydrogen-bond acceptors (Lipinski definition) is 2. The zero-order chi connectivity index (χ0) is 12.3. The van der Waals surface area contributed by atoms with Gasteiger partial charge in [-0.2, -0.15) is 0 Å². The molecule has 0 fully saturated rings. The van der Waals surface area contributed by atoms with E-state index in [1.165, 1.54) is 11.8 Å². The van der Waals surface area contributed by atoms with Gasteiger partial charge in [-0.3, -0.25) is 0 Å². The summed E-state index contributed by atoms with van der Waals surface area (Å²) in [6.07, 6.45) is 5.43. The molecular formula is C15H21NO. The number of fused-ring (bicyclic) bond motifs is 1. The molecule has 0 aromatic heterocycles. The van der Waals surface area contributed by atoms with Crippen LogP contribution in [0.1, 0.15) is 51.0 Å². The van der Waals surface area contributed by atoms with Gasteiger partial charge in [0, 0.05) is 11.5 Å². The summed E-state index contributed by atoms with van der Waals surface area (Å²) < 4.78 is 6.25. The molecule has 0 saturated carbocycles. The topological polar surface area (TPSA) is 33.1 Å². The lowest BCUT2D eigenvalue weighted by atomic mass is 9.79. The van der Waals surface area contributed by atoms with Gasteiger partial charge in [-0.25, -0.2) is 0 Å². The summed E-state index contributed by atoms with van der Waals surface area (Å²) in [6, 6.07) is 8.34. The van der Waals surface area contributed by atoms with Crippen molar-refractivity contribution in [1.29, 1.82) is 5.41 Å². The van der Waals surface area contributed by atoms with Crippen molar-refractivity contribution < 1.29 is 4.74 Å². The molecule has 0 saturated heterocycles. The minimum atomic E-state index is -0.0873. The summed E-state index contributed by atoms with van der Waals surface area (Å²) in [5, 5.41) is 7.23. The third-order valence-corrected chi connectivity index (χ3v) is 3.87. The molecule has 1 aliphatic heterocycles. The van der Waals surface area contributed by atoms with Crippen molar-refractivity contribution >= 4 is 6.21 Å². The maximum atomic E-state index is 7.23. The Labute approximate surface area is 104 Å². The molecule has 0 amide bonds. The summed E-state index contributed by atoms with van der Waals surface area (Å²) >= 11 is 0. The van der Waals surface area contributed by atoms with Gasteiger partial charge in [0.15, 0.2) is 0 Å². The van der Waals surface area contributed by atoms with E-state index in [4.69, 9.17) is 10.1 Å². The molecule has 92 valence electrons. The van der Waals surface area contributed by atoms with E-state index in [-0.39, 0.29) is 5.60 Å². The minimum Gasteiger partial charge on any atom is -0.486 e. The van der Waals surface area contributed by atoms with Crippen LogP contribution in [0.4, 0.5) is 0 Å². The van der Waals surface area contributed by atoms with E-state index in [0.717, 1.165) is 31.4 Å². The van der Waals surface area contributed by atoms with Crippen molar-refractivity contribution in [3.05, 3.63) is 29.8 Å². The maximum Gasteiger partial charge on any atom is 0.123 e. The van der Waals surface area contributed by atoms with Crippen molar-refractivity contribution in [1.82, 2.24) is 0 Å². The Morgan fingerprint density at radius 2 is 2.12 bits per heavy atom. The molecule has 0 aliphatic carbocycles. The van der Waals surface area contributed by atoms with E-state index >= 15 is 0 Å². The number of para-hydroxylation sites is 1. The Balaban J connectivity index is 2.28. The average molecular weight is 231 g/mol. The summed E-state index contributed by atoms with van der Waals surface area (Å²) in [4.78, 5) is 0. The molecule has 0 bridgehead atoms. The summed E-state index contributed by atoms with van der Waals surface area (Å²) in [5.74, 6) is 1.47. The summed E-state index contributed by atoms with van der Waals surface area (Å²) in [6.45, 7) is 4.46. The van der Waals surface area contributed by atoms with E-state index in [9.17, 15) is 0 Å². The van der Waals surface area contributed by atoms with Crippen molar-refractivity contribution in [2.75, 3.05) is 0 Å². The lowest BCUT2D eigenvalue weighted by molar-refractivity contribution is 0.0555. The fourth-order valence-corrected chi connectivity index (χ4v) is 2.92. The summed E-state index contributed by atoms with van der Waals surface area (Å²) in [5.41, 5.74) is 1.24. The second-order valence-electron chi connectivity index (χ2n) is 4.92. The van der Waals surface area contributed by atoms with Gasteiger partial charge in [0.25, 0.3) is 0 Å². The Morgan fingerprint density at radius 1 is 1.35 bits per heavy atom. The van der Waals surface area contributed by atoms with Crippen LogP contribution >= 0.6 is 0 Å². The molecule has 2 nitrogen and oxygen atoms in total. The molecule has 1 aromatic carbocycles. The van der Waals surface area contributed by atoms with Gasteiger partial charge >= 0.3 is 0 Å². The lowest BCUT2D eigenvalue weighted by Gasteiger charge is -2.32. The molecule has 2 atom stereocenters. The zero-order valence-electron chi connectivity index (χ0n) is 10.7. The van der Waals surface area contributed by atoms with E-state index in [0.29, 0.717) is 5.92 Å². The van der Waals surface area contributed by atoms with Crippen molar-refractivity contribution in [2.24, 2.45) is 0 Å². The first-order chi connectivity index (χ1) is 8.23. The molecule has 0 spiro atoms. The van der Waals surface area contributed by atoms with Gasteiger partial charge in [-0.15, -0.1) is 0 Å². The zero-order valence-corrected chi connectivity index (χ0v) is 10.7. The molecule has 0 radical (unpaired) electrons. The van der Waals surface area contributed by atoms with Gasteiger partial charge in [0.05, 0.1) is 0 Å². The van der Waals surface area contributed by atoms with Gasteiger partial charge < -0.3 is 10.1 Å². The molecule has 1 aliphatic rings. The van der Waals surface area contributed by atoms with Gasteiger partial charge in [0.1, 0.15) is 11.4 Å². The third-order valence-electron chi connectivity index (χ3n) is 3.87. The quantitative estimate of drug-likeness (QED) is 0.759. The Kier molecular flexibility index (Phi) is 3.51. The van der Waals surface area contributed by atoms with Crippen LogP contribution in [0.5, 0.6) is 5.75 Å². The minimum absolute atomic E-state index is 0.0873. The van der Waals surface area contributed by atoms with Crippen molar-refractivity contribution in [3.8, 4) is 5.75 Å². The predicted octanol–water partition coefficient (Wildman–Crippen LogP) is 4.15. The number of ether oxygens (including phenoxy) is 1. The van der Waals surface area contributed by atoms with Crippen molar-refractivity contribution in [3.63, 3.8) is 0 Å². The van der Waals surface area contributed by atoms with Crippen LogP contribution in [0.15, 0.2) is 24.3 Å². The van der Waals surface area contributed by atoms with Crippen LogP contribution in [-0.2, 0) is 0 Å². The number of hydrogen-bond donors (Lipinski definition) is 1. The SMILES string of the molecule is CCCC1(CCC=N)Oc2ccccc2[C@H]1C. The standard InChI is InChI=1S/C15H21NO/c1-3-9-15(10-6-11-16)12(2)13-7-4-5-8-14(13)17-15/h4-5,7-8,11-12,16H,3,6,9-10H2,1-2H3/t12-,15?/m1/s1. The number of rotatable bonds is 5. The Hall–Kier alpha value is -1.31. The lowest BCUT2D eigenvalue weighted by Crippen LogP contribution is -2.37. The molecule has 17 heavy (non-hydrogen) atoms. The first-order valence-electron chi connectivity index (χ1n) is 6.50. The fourth-order valence-electron chi connectivity index (χ4n) is 2.92.